The zero-order valence-corrected chi connectivity index (χ0v) is 13.6. The Kier molecular flexibility index (Phi) is 3.45. The van der Waals surface area contributed by atoms with Crippen molar-refractivity contribution in [3.63, 3.8) is 0 Å². The number of benzene rings is 1. The first-order valence-corrected chi connectivity index (χ1v) is 8.32. The van der Waals surface area contributed by atoms with Gasteiger partial charge >= 0.3 is 0 Å². The maximum absolute atomic E-state index is 6.23. The summed E-state index contributed by atoms with van der Waals surface area (Å²) >= 11 is 6.23. The first-order chi connectivity index (χ1) is 10.7. The molecule has 2 aliphatic heterocycles. The molecule has 1 aromatic heterocycles. The zero-order chi connectivity index (χ0) is 15.1. The molecular weight excluding hydrogens is 298 g/mol. The topological polar surface area (TPSA) is 37.2 Å². The van der Waals surface area contributed by atoms with E-state index in [0.29, 0.717) is 0 Å². The number of hydrogen-bond acceptors (Lipinski definition) is 4. The maximum Gasteiger partial charge on any atom is 0.233 e. The number of aromatic nitrogens is 3. The minimum absolute atomic E-state index is 0.754. The first-order valence-electron chi connectivity index (χ1n) is 7.94. The number of rotatable bonds is 1. The molecule has 5 nitrogen and oxygen atoms in total. The van der Waals surface area contributed by atoms with Crippen LogP contribution in [0, 0.1) is 0 Å². The van der Waals surface area contributed by atoms with Crippen molar-refractivity contribution in [2.75, 3.05) is 29.9 Å². The van der Waals surface area contributed by atoms with E-state index >= 15 is 0 Å². The van der Waals surface area contributed by atoms with Gasteiger partial charge in [0.15, 0.2) is 0 Å². The molecule has 0 N–H and O–H groups in total. The van der Waals surface area contributed by atoms with Crippen molar-refractivity contribution in [1.29, 1.82) is 0 Å². The second kappa shape index (κ2) is 5.47. The van der Waals surface area contributed by atoms with Crippen molar-refractivity contribution >= 4 is 23.5 Å². The summed E-state index contributed by atoms with van der Waals surface area (Å²) < 4.78 is 2.16. The Bertz CT molecular complexity index is 688. The van der Waals surface area contributed by atoms with Gasteiger partial charge in [-0.05, 0) is 30.5 Å². The lowest BCUT2D eigenvalue weighted by Crippen LogP contribution is -2.30. The van der Waals surface area contributed by atoms with Gasteiger partial charge in [-0.25, -0.2) is 4.57 Å². The molecule has 6 heteroatoms. The summed E-state index contributed by atoms with van der Waals surface area (Å²) in [6.45, 7) is 2.94. The van der Waals surface area contributed by atoms with Gasteiger partial charge in [-0.15, -0.1) is 10.2 Å². The van der Waals surface area contributed by atoms with Gasteiger partial charge in [0.2, 0.25) is 11.9 Å². The fourth-order valence-electron chi connectivity index (χ4n) is 3.41. The summed E-state index contributed by atoms with van der Waals surface area (Å²) in [5.74, 6) is 1.85. The molecule has 22 heavy (non-hydrogen) atoms. The summed E-state index contributed by atoms with van der Waals surface area (Å²) in [6, 6.07) is 6.08. The Labute approximate surface area is 135 Å². The number of halogens is 1. The van der Waals surface area contributed by atoms with Crippen LogP contribution in [-0.4, -0.2) is 34.9 Å². The van der Waals surface area contributed by atoms with Crippen LogP contribution in [0.4, 0.5) is 11.9 Å². The van der Waals surface area contributed by atoms with Gasteiger partial charge in [-0.3, -0.25) is 0 Å². The largest absolute Gasteiger partial charge is 0.341 e. The second-order valence-electron chi connectivity index (χ2n) is 6.17. The third kappa shape index (κ3) is 2.24. The molecule has 0 spiro atoms. The molecule has 0 bridgehead atoms. The Morgan fingerprint density at radius 2 is 1.73 bits per heavy atom. The zero-order valence-electron chi connectivity index (χ0n) is 12.8. The summed E-state index contributed by atoms with van der Waals surface area (Å²) in [7, 11) is 2.06. The molecule has 116 valence electrons. The van der Waals surface area contributed by atoms with Crippen molar-refractivity contribution < 1.29 is 0 Å². The number of fused-ring (bicyclic) bond motifs is 3. The van der Waals surface area contributed by atoms with E-state index in [1.54, 1.807) is 0 Å². The number of hydrogen-bond donors (Lipinski definition) is 0. The fraction of sp³-hybridized carbons (Fsp3) is 0.500. The molecule has 0 saturated carbocycles. The van der Waals surface area contributed by atoms with E-state index < -0.39 is 0 Å². The van der Waals surface area contributed by atoms with Crippen LogP contribution in [0.25, 0.3) is 5.69 Å². The standard InChI is InChI=1S/C16H20ClN5/c1-20-11-12-6-7-13(17)10-14(12)22-15(20)18-19-16(22)21-8-4-2-3-5-9-21/h6-7,10H,2-5,8-9,11H2,1H3. The van der Waals surface area contributed by atoms with Crippen molar-refractivity contribution in [3.05, 3.63) is 28.8 Å². The van der Waals surface area contributed by atoms with Gasteiger partial charge in [0.05, 0.1) is 5.69 Å². The van der Waals surface area contributed by atoms with Crippen LogP contribution in [-0.2, 0) is 6.54 Å². The minimum atomic E-state index is 0.754. The number of nitrogens with zero attached hydrogens (tertiary/aromatic N) is 5. The smallest absolute Gasteiger partial charge is 0.233 e. The molecule has 4 rings (SSSR count). The normalized spacial score (nSPS) is 17.9. The van der Waals surface area contributed by atoms with Crippen LogP contribution in [0.3, 0.4) is 0 Å². The lowest BCUT2D eigenvalue weighted by Gasteiger charge is -2.30. The third-order valence-electron chi connectivity index (χ3n) is 4.55. The average Bonchev–Trinajstić information content (AvgIpc) is 2.78. The maximum atomic E-state index is 6.23. The van der Waals surface area contributed by atoms with Gasteiger partial charge in [-0.1, -0.05) is 30.5 Å². The van der Waals surface area contributed by atoms with Crippen LogP contribution in [0.15, 0.2) is 18.2 Å². The van der Waals surface area contributed by atoms with E-state index in [1.165, 1.54) is 31.2 Å². The van der Waals surface area contributed by atoms with E-state index in [0.717, 1.165) is 42.2 Å². The third-order valence-corrected chi connectivity index (χ3v) is 4.79. The SMILES string of the molecule is CN1Cc2ccc(Cl)cc2-n2c1nnc2N1CCCCCC1. The lowest BCUT2D eigenvalue weighted by molar-refractivity contribution is 0.726. The van der Waals surface area contributed by atoms with Crippen LogP contribution < -0.4 is 9.80 Å². The Balaban J connectivity index is 1.83. The van der Waals surface area contributed by atoms with Crippen LogP contribution in [0.2, 0.25) is 5.02 Å². The van der Waals surface area contributed by atoms with Gasteiger partial charge in [0.1, 0.15) is 0 Å². The first kappa shape index (κ1) is 13.9. The quantitative estimate of drug-likeness (QED) is 0.809. The van der Waals surface area contributed by atoms with Crippen molar-refractivity contribution in [2.45, 2.75) is 32.2 Å². The molecule has 1 aromatic carbocycles. The van der Waals surface area contributed by atoms with Crippen LogP contribution in [0.5, 0.6) is 0 Å². The van der Waals surface area contributed by atoms with Crippen LogP contribution >= 0.6 is 11.6 Å². The van der Waals surface area contributed by atoms with Crippen LogP contribution in [0.1, 0.15) is 31.2 Å². The van der Waals surface area contributed by atoms with Gasteiger partial charge in [0.25, 0.3) is 0 Å². The summed E-state index contributed by atoms with van der Waals surface area (Å²) in [6.07, 6.45) is 5.06. The highest BCUT2D eigenvalue weighted by Crippen LogP contribution is 2.34. The Morgan fingerprint density at radius 3 is 2.50 bits per heavy atom. The minimum Gasteiger partial charge on any atom is -0.341 e. The Morgan fingerprint density at radius 1 is 1.00 bits per heavy atom. The molecule has 2 aliphatic rings. The second-order valence-corrected chi connectivity index (χ2v) is 6.60. The van der Waals surface area contributed by atoms with E-state index in [4.69, 9.17) is 11.6 Å². The van der Waals surface area contributed by atoms with Gasteiger partial charge < -0.3 is 9.80 Å². The molecule has 0 radical (unpaired) electrons. The van der Waals surface area contributed by atoms with E-state index in [2.05, 4.69) is 37.7 Å². The average molecular weight is 318 g/mol. The lowest BCUT2D eigenvalue weighted by atomic mass is 10.1. The van der Waals surface area contributed by atoms with E-state index in [9.17, 15) is 0 Å². The van der Waals surface area contributed by atoms with Gasteiger partial charge in [-0.2, -0.15) is 0 Å². The molecule has 2 aromatic rings. The summed E-state index contributed by atoms with van der Waals surface area (Å²) in [5.41, 5.74) is 2.38. The molecule has 0 unspecified atom stereocenters. The van der Waals surface area contributed by atoms with Gasteiger partial charge in [0, 0.05) is 31.7 Å². The molecule has 0 atom stereocenters. The van der Waals surface area contributed by atoms with Crippen molar-refractivity contribution in [1.82, 2.24) is 14.8 Å². The monoisotopic (exact) mass is 317 g/mol. The summed E-state index contributed by atoms with van der Waals surface area (Å²) in [5, 5.41) is 9.68. The van der Waals surface area contributed by atoms with E-state index in [1.807, 2.05) is 12.1 Å². The molecule has 1 fully saturated rings. The molecule has 0 amide bonds. The Hall–Kier alpha value is -1.75. The van der Waals surface area contributed by atoms with Crippen molar-refractivity contribution in [2.24, 2.45) is 0 Å². The predicted octanol–water partition coefficient (Wildman–Crippen LogP) is 3.25. The van der Waals surface area contributed by atoms with E-state index in [-0.39, 0.29) is 0 Å². The molecular formula is C16H20ClN5. The fourth-order valence-corrected chi connectivity index (χ4v) is 3.58. The highest BCUT2D eigenvalue weighted by Gasteiger charge is 2.27. The molecule has 1 saturated heterocycles. The summed E-state index contributed by atoms with van der Waals surface area (Å²) in [4.78, 5) is 4.51. The highest BCUT2D eigenvalue weighted by molar-refractivity contribution is 6.30. The predicted molar refractivity (Wildman–Crippen MR) is 89.2 cm³/mol. The molecule has 0 aliphatic carbocycles. The molecule has 3 heterocycles. The highest BCUT2D eigenvalue weighted by atomic mass is 35.5. The van der Waals surface area contributed by atoms with Crippen molar-refractivity contribution in [3.8, 4) is 5.69 Å². The number of anilines is 2.